The van der Waals surface area contributed by atoms with Gasteiger partial charge in [-0.25, -0.2) is 8.42 Å². The molecule has 0 radical (unpaired) electrons. The van der Waals surface area contributed by atoms with E-state index in [4.69, 9.17) is 16.7 Å². The maximum Gasteiger partial charge on any atom is 0.305 e. The van der Waals surface area contributed by atoms with Gasteiger partial charge in [-0.2, -0.15) is 4.72 Å². The highest BCUT2D eigenvalue weighted by Crippen LogP contribution is 2.32. The smallest absolute Gasteiger partial charge is 0.305 e. The third-order valence-corrected chi connectivity index (χ3v) is 6.10. The molecule has 1 unspecified atom stereocenters. The third kappa shape index (κ3) is 5.17. The van der Waals surface area contributed by atoms with Crippen LogP contribution in [0.4, 0.5) is 0 Å². The molecule has 1 atom stereocenters. The number of carbonyl (C=O) groups is 2. The van der Waals surface area contributed by atoms with Crippen molar-refractivity contribution >= 4 is 33.5 Å². The highest BCUT2D eigenvalue weighted by Gasteiger charge is 2.38. The molecule has 2 rings (SSSR count). The number of nitrogens with one attached hydrogen (secondary N) is 2. The molecule has 9 heteroatoms. The summed E-state index contributed by atoms with van der Waals surface area (Å²) in [6.07, 6.45) is 2.63. The Hall–Kier alpha value is -1.64. The molecule has 1 aliphatic rings. The largest absolute Gasteiger partial charge is 0.481 e. The number of amides is 1. The molecule has 1 amide bonds. The summed E-state index contributed by atoms with van der Waals surface area (Å²) < 4.78 is 27.0. The van der Waals surface area contributed by atoms with Crippen molar-refractivity contribution in [1.29, 1.82) is 0 Å². The summed E-state index contributed by atoms with van der Waals surface area (Å²) in [7, 11) is -3.88. The van der Waals surface area contributed by atoms with Crippen molar-refractivity contribution in [3.05, 3.63) is 29.3 Å². The second-order valence-electron chi connectivity index (χ2n) is 6.34. The van der Waals surface area contributed by atoms with Gasteiger partial charge in [-0.05, 0) is 44.0 Å². The number of carbonyl (C=O) groups excluding carboxylic acids is 1. The molecule has 25 heavy (non-hydrogen) atoms. The van der Waals surface area contributed by atoms with E-state index in [1.807, 2.05) is 0 Å². The van der Waals surface area contributed by atoms with Crippen molar-refractivity contribution in [1.82, 2.24) is 10.0 Å². The van der Waals surface area contributed by atoms with E-state index in [1.165, 1.54) is 31.2 Å². The molecule has 0 aliphatic heterocycles. The fourth-order valence-electron chi connectivity index (χ4n) is 3.02. The summed E-state index contributed by atoms with van der Waals surface area (Å²) in [6.45, 7) is 1.42. The lowest BCUT2D eigenvalue weighted by molar-refractivity contribution is -0.139. The van der Waals surface area contributed by atoms with Gasteiger partial charge >= 0.3 is 5.97 Å². The molecule has 1 saturated carbocycles. The number of halogens is 1. The summed E-state index contributed by atoms with van der Waals surface area (Å²) in [5.41, 5.74) is -0.803. The van der Waals surface area contributed by atoms with Gasteiger partial charge in [0.25, 0.3) is 0 Å². The molecule has 7 nitrogen and oxygen atoms in total. The zero-order chi connectivity index (χ0) is 18.7. The first-order valence-corrected chi connectivity index (χ1v) is 9.81. The van der Waals surface area contributed by atoms with E-state index in [1.54, 1.807) is 0 Å². The molecule has 1 aromatic carbocycles. The van der Waals surface area contributed by atoms with E-state index in [-0.39, 0.29) is 11.3 Å². The van der Waals surface area contributed by atoms with Crippen molar-refractivity contribution in [3.8, 4) is 0 Å². The van der Waals surface area contributed by atoms with Crippen LogP contribution in [-0.4, -0.2) is 37.0 Å². The van der Waals surface area contributed by atoms with E-state index in [0.717, 1.165) is 12.8 Å². The maximum atomic E-state index is 12.4. The predicted molar refractivity (Wildman–Crippen MR) is 92.8 cm³/mol. The van der Waals surface area contributed by atoms with Crippen LogP contribution >= 0.6 is 11.6 Å². The second-order valence-corrected chi connectivity index (χ2v) is 8.49. The lowest BCUT2D eigenvalue weighted by Crippen LogP contribution is -2.54. The van der Waals surface area contributed by atoms with Crippen LogP contribution in [0.1, 0.15) is 39.0 Å². The molecule has 0 spiro atoms. The van der Waals surface area contributed by atoms with Gasteiger partial charge in [0.15, 0.2) is 0 Å². The quantitative estimate of drug-likeness (QED) is 0.660. The highest BCUT2D eigenvalue weighted by molar-refractivity contribution is 7.89. The fourth-order valence-corrected chi connectivity index (χ4v) is 4.35. The van der Waals surface area contributed by atoms with E-state index >= 15 is 0 Å². The fraction of sp³-hybridized carbons (Fsp3) is 0.500. The summed E-state index contributed by atoms with van der Waals surface area (Å²) in [5, 5.41) is 12.2. The highest BCUT2D eigenvalue weighted by atomic mass is 35.5. The number of benzene rings is 1. The Labute approximate surface area is 151 Å². The number of sulfonamides is 1. The lowest BCUT2D eigenvalue weighted by Gasteiger charge is -2.30. The molecule has 3 N–H and O–H groups in total. The van der Waals surface area contributed by atoms with E-state index < -0.39 is 33.5 Å². The average Bonchev–Trinajstić information content (AvgIpc) is 2.94. The van der Waals surface area contributed by atoms with Gasteiger partial charge in [-0.3, -0.25) is 9.59 Å². The molecule has 1 aromatic rings. The zero-order valence-electron chi connectivity index (χ0n) is 13.8. The number of hydrogen-bond donors (Lipinski definition) is 3. The van der Waals surface area contributed by atoms with Crippen molar-refractivity contribution in [2.45, 2.75) is 55.5 Å². The first-order chi connectivity index (χ1) is 11.6. The number of rotatable bonds is 7. The summed E-state index contributed by atoms with van der Waals surface area (Å²) >= 11 is 5.74. The van der Waals surface area contributed by atoms with Crippen LogP contribution in [0.15, 0.2) is 29.2 Å². The normalized spacial score (nSPS) is 17.8. The minimum Gasteiger partial charge on any atom is -0.481 e. The number of hydrogen-bond acceptors (Lipinski definition) is 4. The summed E-state index contributed by atoms with van der Waals surface area (Å²) in [4.78, 5) is 23.5. The molecular weight excluding hydrogens is 368 g/mol. The SMILES string of the molecule is CC(NS(=O)(=O)c1ccc(Cl)cc1)C(=O)NC1(CC(=O)O)CCCC1. The first-order valence-electron chi connectivity index (χ1n) is 7.95. The van der Waals surface area contributed by atoms with Gasteiger partial charge in [0.2, 0.25) is 15.9 Å². The zero-order valence-corrected chi connectivity index (χ0v) is 15.4. The Morgan fingerprint density at radius 2 is 1.80 bits per heavy atom. The van der Waals surface area contributed by atoms with Gasteiger partial charge in [-0.1, -0.05) is 24.4 Å². The molecule has 138 valence electrons. The van der Waals surface area contributed by atoms with Crippen LogP contribution in [0.5, 0.6) is 0 Å². The van der Waals surface area contributed by atoms with Crippen molar-refractivity contribution in [3.63, 3.8) is 0 Å². The lowest BCUT2D eigenvalue weighted by atomic mass is 9.93. The van der Waals surface area contributed by atoms with Crippen LogP contribution in [0.25, 0.3) is 0 Å². The standard InChI is InChI=1S/C16H21ClN2O5S/c1-11(19-25(23,24)13-6-4-12(17)5-7-13)15(22)18-16(10-14(20)21)8-2-3-9-16/h4-7,11,19H,2-3,8-10H2,1H3,(H,18,22)(H,20,21). The Morgan fingerprint density at radius 1 is 1.24 bits per heavy atom. The number of carboxylic acids is 1. The number of aliphatic carboxylic acids is 1. The van der Waals surface area contributed by atoms with Crippen molar-refractivity contribution in [2.24, 2.45) is 0 Å². The molecule has 1 aliphatic carbocycles. The number of carboxylic acid groups (broad SMARTS) is 1. The molecular formula is C16H21ClN2O5S. The first kappa shape index (κ1) is 19.7. The Bertz CT molecular complexity index is 742. The monoisotopic (exact) mass is 388 g/mol. The molecule has 0 heterocycles. The second kappa shape index (κ2) is 7.72. The minimum absolute atomic E-state index is 0.00216. The maximum absolute atomic E-state index is 12.4. The van der Waals surface area contributed by atoms with E-state index in [2.05, 4.69) is 10.0 Å². The van der Waals surface area contributed by atoms with Crippen molar-refractivity contribution < 1.29 is 23.1 Å². The Kier molecular flexibility index (Phi) is 6.08. The Balaban J connectivity index is 2.06. The van der Waals surface area contributed by atoms with Gasteiger partial charge in [0.05, 0.1) is 22.9 Å². The van der Waals surface area contributed by atoms with Gasteiger partial charge < -0.3 is 10.4 Å². The van der Waals surface area contributed by atoms with E-state index in [0.29, 0.717) is 17.9 Å². The molecule has 0 bridgehead atoms. The molecule has 0 aromatic heterocycles. The minimum atomic E-state index is -3.88. The van der Waals surface area contributed by atoms with E-state index in [9.17, 15) is 18.0 Å². The average molecular weight is 389 g/mol. The third-order valence-electron chi connectivity index (χ3n) is 4.29. The molecule has 0 saturated heterocycles. The summed E-state index contributed by atoms with van der Waals surface area (Å²) in [6, 6.07) is 4.55. The van der Waals surface area contributed by atoms with Gasteiger partial charge in [-0.15, -0.1) is 0 Å². The van der Waals surface area contributed by atoms with Gasteiger partial charge in [0, 0.05) is 5.02 Å². The molecule has 1 fully saturated rings. The Morgan fingerprint density at radius 3 is 2.32 bits per heavy atom. The van der Waals surface area contributed by atoms with Crippen LogP contribution < -0.4 is 10.0 Å². The van der Waals surface area contributed by atoms with Crippen LogP contribution in [0.3, 0.4) is 0 Å². The van der Waals surface area contributed by atoms with Crippen molar-refractivity contribution in [2.75, 3.05) is 0 Å². The van der Waals surface area contributed by atoms with Gasteiger partial charge in [0.1, 0.15) is 0 Å². The summed E-state index contributed by atoms with van der Waals surface area (Å²) in [5.74, 6) is -1.53. The van der Waals surface area contributed by atoms with Crippen LogP contribution in [0.2, 0.25) is 5.02 Å². The predicted octanol–water partition coefficient (Wildman–Crippen LogP) is 1.91. The van der Waals surface area contributed by atoms with Crippen LogP contribution in [-0.2, 0) is 19.6 Å². The van der Waals surface area contributed by atoms with Crippen LogP contribution in [0, 0.1) is 0 Å². The topological polar surface area (TPSA) is 113 Å².